The summed E-state index contributed by atoms with van der Waals surface area (Å²) in [4.78, 5) is 0. The third-order valence-corrected chi connectivity index (χ3v) is 2.96. The second-order valence-electron chi connectivity index (χ2n) is 6.42. The Kier molecular flexibility index (Phi) is 5.44. The van der Waals surface area contributed by atoms with Crippen molar-refractivity contribution in [3.63, 3.8) is 0 Å². The lowest BCUT2D eigenvalue weighted by molar-refractivity contribution is 0.00240. The van der Waals surface area contributed by atoms with Crippen LogP contribution in [0.2, 0.25) is 0 Å². The third-order valence-electron chi connectivity index (χ3n) is 2.96. The molecule has 0 amide bonds. The van der Waals surface area contributed by atoms with Crippen LogP contribution in [0.15, 0.2) is 24.3 Å². The molecule has 0 bridgehead atoms. The minimum Gasteiger partial charge on any atom is -0.506 e. The predicted molar refractivity (Wildman–Crippen MR) is 95.3 cm³/mol. The number of benzene rings is 1. The first-order valence-electron chi connectivity index (χ1n) is 6.66. The Bertz CT molecular complexity index is 501. The van der Waals surface area contributed by atoms with Crippen LogP contribution in [-0.2, 0) is 10.2 Å². The lowest BCUT2D eigenvalue weighted by atomic mass is 9.40. The number of ether oxygens (including phenoxy) is 2. The summed E-state index contributed by atoms with van der Waals surface area (Å²) in [6.45, 7) is 6.25. The maximum Gasteiger partial charge on any atom is 0.118 e. The molecular weight excluding hydrogens is 264 g/mol. The highest BCUT2D eigenvalue weighted by atomic mass is 16.6. The van der Waals surface area contributed by atoms with E-state index in [2.05, 4.69) is 20.8 Å². The van der Waals surface area contributed by atoms with E-state index in [1.54, 1.807) is 12.1 Å². The average Bonchev–Trinajstić information content (AvgIpc) is 2.24. The van der Waals surface area contributed by atoms with Crippen molar-refractivity contribution in [1.29, 1.82) is 0 Å². The molecule has 9 heteroatoms. The topological polar surface area (TPSA) is 18.5 Å². The summed E-state index contributed by atoms with van der Waals surface area (Å²) in [5.74, 6) is 0.346. The molecule has 0 aliphatic rings. The van der Waals surface area contributed by atoms with Crippen LogP contribution < -0.4 is 4.74 Å². The lowest BCUT2D eigenvalue weighted by Crippen LogP contribution is -2.65. The Balaban J connectivity index is 2.92. The van der Waals surface area contributed by atoms with Crippen LogP contribution in [0.25, 0.3) is 0 Å². The van der Waals surface area contributed by atoms with Crippen LogP contribution in [-0.4, -0.2) is 71.0 Å². The molecule has 0 N–H and O–H groups in total. The molecule has 0 aromatic heterocycles. The molecule has 0 aliphatic heterocycles. The van der Waals surface area contributed by atoms with Crippen molar-refractivity contribution in [2.75, 3.05) is 0 Å². The zero-order chi connectivity index (χ0) is 17.4. The summed E-state index contributed by atoms with van der Waals surface area (Å²) in [5.41, 5.74) is 1.10. The summed E-state index contributed by atoms with van der Waals surface area (Å²) in [7, 11) is 38.7. The number of hydrogen-bond donors (Lipinski definition) is 0. The Hall–Kier alpha value is -0.565. The molecule has 1 rings (SSSR count). The molecule has 22 heavy (non-hydrogen) atoms. The van der Waals surface area contributed by atoms with Gasteiger partial charge in [0.25, 0.3) is 0 Å². The third kappa shape index (κ3) is 5.26. The Morgan fingerprint density at radius 2 is 1.18 bits per heavy atom. The molecule has 0 saturated heterocycles. The van der Waals surface area contributed by atoms with Crippen molar-refractivity contribution < 1.29 is 9.47 Å². The normalized spacial score (nSPS) is 13.8. The molecule has 14 radical (unpaired) electrons. The quantitative estimate of drug-likeness (QED) is 0.674. The number of hydrogen-bond acceptors (Lipinski definition) is 2. The van der Waals surface area contributed by atoms with Crippen LogP contribution in [0.5, 0.6) is 5.75 Å². The standard InChI is InChI=1S/C13H13B7O2/c1-10(2,3)8-4-6-9(7-5-8)21-11(14,15)12(16,17)22-13(18,19)20/h4-7H,1-3H3. The van der Waals surface area contributed by atoms with Crippen LogP contribution in [0, 0.1) is 0 Å². The molecule has 0 atom stereocenters. The molecule has 98 valence electrons. The largest absolute Gasteiger partial charge is 0.506 e. The van der Waals surface area contributed by atoms with E-state index in [4.69, 9.17) is 64.4 Å². The fourth-order valence-corrected chi connectivity index (χ4v) is 1.67. The van der Waals surface area contributed by atoms with Gasteiger partial charge in [-0.25, -0.2) is 0 Å². The van der Waals surface area contributed by atoms with Crippen molar-refractivity contribution in [2.24, 2.45) is 0 Å². The zero-order valence-corrected chi connectivity index (χ0v) is 13.2. The van der Waals surface area contributed by atoms with Crippen molar-refractivity contribution in [3.05, 3.63) is 29.8 Å². The first-order valence-corrected chi connectivity index (χ1v) is 6.66. The highest BCUT2D eigenvalue weighted by Gasteiger charge is 2.39. The fraction of sp³-hybridized carbons (Fsp3) is 0.538. The zero-order valence-electron chi connectivity index (χ0n) is 13.2. The van der Waals surface area contributed by atoms with E-state index in [1.165, 1.54) is 0 Å². The van der Waals surface area contributed by atoms with Crippen molar-refractivity contribution in [2.45, 2.75) is 42.3 Å². The van der Waals surface area contributed by atoms with Gasteiger partial charge < -0.3 is 9.47 Å². The minimum atomic E-state index is -2.23. The SMILES string of the molecule is [B]C([B])([B])OC([B])([B])C([B])([B])Oc1ccc(C(C)(C)C)cc1. The Morgan fingerprint density at radius 3 is 1.55 bits per heavy atom. The summed E-state index contributed by atoms with van der Waals surface area (Å²) in [5, 5.41) is -6.47. The van der Waals surface area contributed by atoms with E-state index < -0.39 is 16.1 Å². The Labute approximate surface area is 142 Å². The molecule has 0 unspecified atom stereocenters. The highest BCUT2D eigenvalue weighted by Crippen LogP contribution is 2.28. The van der Waals surface area contributed by atoms with E-state index >= 15 is 0 Å². The first kappa shape index (κ1) is 19.5. The maximum atomic E-state index is 5.77. The van der Waals surface area contributed by atoms with Gasteiger partial charge >= 0.3 is 0 Å². The van der Waals surface area contributed by atoms with E-state index in [-0.39, 0.29) is 5.41 Å². The van der Waals surface area contributed by atoms with E-state index in [1.807, 2.05) is 12.1 Å². The monoisotopic (exact) mass is 278 g/mol. The number of rotatable bonds is 5. The molecule has 2 nitrogen and oxygen atoms in total. The molecule has 1 aromatic carbocycles. The molecular formula is C13H13B7O2. The van der Waals surface area contributed by atoms with Gasteiger partial charge in [0.2, 0.25) is 0 Å². The molecule has 0 saturated carbocycles. The molecule has 0 fully saturated rings. The molecule has 0 spiro atoms. The maximum absolute atomic E-state index is 5.77. The lowest BCUT2D eigenvalue weighted by Gasteiger charge is -2.48. The van der Waals surface area contributed by atoms with Gasteiger partial charge in [-0.15, -0.1) is 0 Å². The van der Waals surface area contributed by atoms with Gasteiger partial charge in [0.15, 0.2) is 0 Å². The first-order chi connectivity index (χ1) is 9.64. The van der Waals surface area contributed by atoms with Crippen LogP contribution in [0.4, 0.5) is 0 Å². The van der Waals surface area contributed by atoms with E-state index in [9.17, 15) is 0 Å². The van der Waals surface area contributed by atoms with Crippen molar-refractivity contribution >= 4 is 54.9 Å². The smallest absolute Gasteiger partial charge is 0.118 e. The minimum absolute atomic E-state index is 0.00605. The predicted octanol–water partition coefficient (Wildman–Crippen LogP) is -0.522. The highest BCUT2D eigenvalue weighted by molar-refractivity contribution is 6.59. The second kappa shape index (κ2) is 6.15. The Morgan fingerprint density at radius 1 is 0.727 bits per heavy atom. The fourth-order valence-electron chi connectivity index (χ4n) is 1.67. The second-order valence-corrected chi connectivity index (χ2v) is 6.42. The van der Waals surface area contributed by atoms with Gasteiger partial charge in [-0.3, -0.25) is 0 Å². The molecule has 0 aliphatic carbocycles. The summed E-state index contributed by atoms with van der Waals surface area (Å²) in [6, 6.07) is 7.12. The van der Waals surface area contributed by atoms with Crippen LogP contribution >= 0.6 is 0 Å². The molecule has 1 aromatic rings. The van der Waals surface area contributed by atoms with Gasteiger partial charge in [-0.1, -0.05) is 32.9 Å². The van der Waals surface area contributed by atoms with Gasteiger partial charge in [0.05, 0.1) is 23.5 Å². The van der Waals surface area contributed by atoms with Gasteiger partial charge in [-0.2, -0.15) is 0 Å². The average molecular weight is 277 g/mol. The van der Waals surface area contributed by atoms with Crippen LogP contribution in [0.3, 0.4) is 0 Å². The van der Waals surface area contributed by atoms with E-state index in [0.717, 1.165) is 5.56 Å². The van der Waals surface area contributed by atoms with Crippen LogP contribution in [0.1, 0.15) is 26.3 Å². The van der Waals surface area contributed by atoms with Gasteiger partial charge in [0, 0.05) is 10.8 Å². The molecule has 0 heterocycles. The van der Waals surface area contributed by atoms with Crippen molar-refractivity contribution in [1.82, 2.24) is 0 Å². The van der Waals surface area contributed by atoms with Gasteiger partial charge in [0.1, 0.15) is 37.1 Å². The van der Waals surface area contributed by atoms with Gasteiger partial charge in [-0.05, 0) is 28.4 Å². The summed E-state index contributed by atoms with van der Waals surface area (Å²) in [6.07, 6.45) is 0. The van der Waals surface area contributed by atoms with E-state index in [0.29, 0.717) is 5.75 Å². The summed E-state index contributed by atoms with van der Waals surface area (Å²) >= 11 is 0. The summed E-state index contributed by atoms with van der Waals surface area (Å²) < 4.78 is 10.2. The van der Waals surface area contributed by atoms with Crippen molar-refractivity contribution in [3.8, 4) is 5.75 Å².